The molecule has 1 aromatic rings. The molecule has 0 aliphatic carbocycles. The number of ether oxygens (including phenoxy) is 1. The largest absolute Gasteiger partial charge is 0.385 e. The van der Waals surface area contributed by atoms with Gasteiger partial charge in [-0.3, -0.25) is 9.59 Å². The van der Waals surface area contributed by atoms with Gasteiger partial charge in [-0.25, -0.2) is 0 Å². The van der Waals surface area contributed by atoms with E-state index in [-0.39, 0.29) is 18.4 Å². The minimum atomic E-state index is -0.172. The van der Waals surface area contributed by atoms with Crippen LogP contribution < -0.4 is 10.6 Å². The third kappa shape index (κ3) is 7.53. The van der Waals surface area contributed by atoms with E-state index in [1.54, 1.807) is 7.11 Å². The number of benzene rings is 1. The predicted octanol–water partition coefficient (Wildman–Crippen LogP) is 0.888. The molecule has 0 aliphatic rings. The van der Waals surface area contributed by atoms with Gasteiger partial charge in [0.25, 0.3) is 0 Å². The standard InChI is InChI=1S/C15H22N2O3/c1-20-11-5-10-16-15(19)12-17-14(18)9-8-13-6-3-2-4-7-13/h2-4,6-7H,5,8-12H2,1H3,(H,16,19)(H,17,18). The van der Waals surface area contributed by atoms with Crippen LogP contribution in [0.4, 0.5) is 0 Å². The average Bonchev–Trinajstić information content (AvgIpc) is 2.48. The highest BCUT2D eigenvalue weighted by Crippen LogP contribution is 2.01. The zero-order valence-corrected chi connectivity index (χ0v) is 11.9. The van der Waals surface area contributed by atoms with Crippen LogP contribution in [0.3, 0.4) is 0 Å². The van der Waals surface area contributed by atoms with Gasteiger partial charge in [0.05, 0.1) is 6.54 Å². The normalized spacial score (nSPS) is 10.1. The van der Waals surface area contributed by atoms with E-state index >= 15 is 0 Å². The molecule has 0 aliphatic heterocycles. The molecular weight excluding hydrogens is 256 g/mol. The molecule has 0 radical (unpaired) electrons. The van der Waals surface area contributed by atoms with E-state index in [2.05, 4.69) is 10.6 Å². The molecule has 1 aromatic carbocycles. The summed E-state index contributed by atoms with van der Waals surface area (Å²) in [4.78, 5) is 23.0. The average molecular weight is 278 g/mol. The van der Waals surface area contributed by atoms with Gasteiger partial charge in [0.2, 0.25) is 11.8 Å². The number of aryl methyl sites for hydroxylation is 1. The number of carbonyl (C=O) groups is 2. The molecule has 0 spiro atoms. The molecule has 5 heteroatoms. The van der Waals surface area contributed by atoms with E-state index in [9.17, 15) is 9.59 Å². The van der Waals surface area contributed by atoms with E-state index in [0.717, 1.165) is 12.0 Å². The molecule has 0 fully saturated rings. The molecule has 2 N–H and O–H groups in total. The first-order chi connectivity index (χ1) is 9.72. The first kappa shape index (κ1) is 16.2. The lowest BCUT2D eigenvalue weighted by Gasteiger charge is -2.07. The van der Waals surface area contributed by atoms with Crippen LogP contribution in [0.15, 0.2) is 30.3 Å². The van der Waals surface area contributed by atoms with Crippen molar-refractivity contribution in [1.29, 1.82) is 0 Å². The van der Waals surface area contributed by atoms with Crippen molar-refractivity contribution in [3.8, 4) is 0 Å². The Morgan fingerprint density at radius 1 is 1.10 bits per heavy atom. The van der Waals surface area contributed by atoms with Crippen molar-refractivity contribution in [1.82, 2.24) is 10.6 Å². The molecule has 0 unspecified atom stereocenters. The lowest BCUT2D eigenvalue weighted by molar-refractivity contribution is -0.126. The van der Waals surface area contributed by atoms with Crippen molar-refractivity contribution in [3.63, 3.8) is 0 Å². The number of methoxy groups -OCH3 is 1. The zero-order valence-electron chi connectivity index (χ0n) is 11.9. The van der Waals surface area contributed by atoms with Gasteiger partial charge >= 0.3 is 0 Å². The minimum absolute atomic E-state index is 0.0284. The lowest BCUT2D eigenvalue weighted by atomic mass is 10.1. The quantitative estimate of drug-likeness (QED) is 0.659. The number of rotatable bonds is 9. The van der Waals surface area contributed by atoms with Crippen LogP contribution in [-0.2, 0) is 20.7 Å². The molecule has 5 nitrogen and oxygen atoms in total. The van der Waals surface area contributed by atoms with Crippen LogP contribution in [0.2, 0.25) is 0 Å². The Morgan fingerprint density at radius 3 is 2.55 bits per heavy atom. The number of hydrogen-bond acceptors (Lipinski definition) is 3. The number of amides is 2. The summed E-state index contributed by atoms with van der Waals surface area (Å²) >= 11 is 0. The second-order valence-corrected chi connectivity index (χ2v) is 4.46. The SMILES string of the molecule is COCCCNC(=O)CNC(=O)CCc1ccccc1. The topological polar surface area (TPSA) is 67.4 Å². The molecule has 1 rings (SSSR count). The Labute approximate surface area is 119 Å². The van der Waals surface area contributed by atoms with Crippen LogP contribution in [-0.4, -0.2) is 38.6 Å². The van der Waals surface area contributed by atoms with Crippen molar-refractivity contribution >= 4 is 11.8 Å². The highest BCUT2D eigenvalue weighted by Gasteiger charge is 2.05. The highest BCUT2D eigenvalue weighted by atomic mass is 16.5. The number of carbonyl (C=O) groups excluding carboxylic acids is 2. The van der Waals surface area contributed by atoms with Gasteiger partial charge in [-0.15, -0.1) is 0 Å². The Morgan fingerprint density at radius 2 is 1.85 bits per heavy atom. The van der Waals surface area contributed by atoms with Crippen LogP contribution in [0.5, 0.6) is 0 Å². The summed E-state index contributed by atoms with van der Waals surface area (Å²) in [6, 6.07) is 9.80. The fourth-order valence-electron chi connectivity index (χ4n) is 1.68. The minimum Gasteiger partial charge on any atom is -0.385 e. The Bertz CT molecular complexity index is 407. The van der Waals surface area contributed by atoms with Gasteiger partial charge in [-0.1, -0.05) is 30.3 Å². The molecule has 0 saturated heterocycles. The van der Waals surface area contributed by atoms with E-state index in [0.29, 0.717) is 26.0 Å². The Balaban J connectivity index is 2.09. The molecule has 20 heavy (non-hydrogen) atoms. The molecule has 0 atom stereocenters. The van der Waals surface area contributed by atoms with Crippen LogP contribution in [0.1, 0.15) is 18.4 Å². The van der Waals surface area contributed by atoms with Crippen molar-refractivity contribution in [2.75, 3.05) is 26.8 Å². The summed E-state index contributed by atoms with van der Waals surface area (Å²) in [6.45, 7) is 1.21. The molecule has 2 amide bonds. The second-order valence-electron chi connectivity index (χ2n) is 4.46. The molecule has 110 valence electrons. The van der Waals surface area contributed by atoms with Gasteiger partial charge in [0.1, 0.15) is 0 Å². The lowest BCUT2D eigenvalue weighted by Crippen LogP contribution is -2.37. The maximum Gasteiger partial charge on any atom is 0.239 e. The maximum absolute atomic E-state index is 11.6. The summed E-state index contributed by atoms with van der Waals surface area (Å²) in [5.41, 5.74) is 1.12. The molecule has 0 bridgehead atoms. The summed E-state index contributed by atoms with van der Waals surface area (Å²) in [5, 5.41) is 5.32. The van der Waals surface area contributed by atoms with E-state index in [1.165, 1.54) is 0 Å². The molecule has 0 heterocycles. The van der Waals surface area contributed by atoms with Gasteiger partial charge < -0.3 is 15.4 Å². The third-order valence-electron chi connectivity index (χ3n) is 2.78. The van der Waals surface area contributed by atoms with Gasteiger partial charge in [-0.2, -0.15) is 0 Å². The first-order valence-corrected chi connectivity index (χ1v) is 6.78. The van der Waals surface area contributed by atoms with Crippen molar-refractivity contribution < 1.29 is 14.3 Å². The maximum atomic E-state index is 11.6. The van der Waals surface area contributed by atoms with Gasteiger partial charge in [-0.05, 0) is 18.4 Å². The summed E-state index contributed by atoms with van der Waals surface area (Å²) in [7, 11) is 1.62. The van der Waals surface area contributed by atoms with Crippen LogP contribution >= 0.6 is 0 Å². The fourth-order valence-corrected chi connectivity index (χ4v) is 1.68. The molecule has 0 saturated carbocycles. The second kappa shape index (κ2) is 9.97. The predicted molar refractivity (Wildman–Crippen MR) is 77.3 cm³/mol. The van der Waals surface area contributed by atoms with Crippen LogP contribution in [0.25, 0.3) is 0 Å². The highest BCUT2D eigenvalue weighted by molar-refractivity contribution is 5.84. The van der Waals surface area contributed by atoms with Gasteiger partial charge in [0, 0.05) is 26.7 Å². The van der Waals surface area contributed by atoms with Crippen molar-refractivity contribution in [2.45, 2.75) is 19.3 Å². The van der Waals surface area contributed by atoms with Crippen molar-refractivity contribution in [2.24, 2.45) is 0 Å². The fraction of sp³-hybridized carbons (Fsp3) is 0.467. The van der Waals surface area contributed by atoms with E-state index in [1.807, 2.05) is 30.3 Å². The monoisotopic (exact) mass is 278 g/mol. The number of hydrogen-bond donors (Lipinski definition) is 2. The Kier molecular flexibility index (Phi) is 8.07. The van der Waals surface area contributed by atoms with Gasteiger partial charge in [0.15, 0.2) is 0 Å². The van der Waals surface area contributed by atoms with Crippen molar-refractivity contribution in [3.05, 3.63) is 35.9 Å². The van der Waals surface area contributed by atoms with Crippen LogP contribution in [0, 0.1) is 0 Å². The summed E-state index contributed by atoms with van der Waals surface area (Å²) < 4.78 is 4.87. The summed E-state index contributed by atoms with van der Waals surface area (Å²) in [6.07, 6.45) is 1.84. The Hall–Kier alpha value is -1.88. The molecule has 0 aromatic heterocycles. The zero-order chi connectivity index (χ0) is 14.6. The number of nitrogens with one attached hydrogen (secondary N) is 2. The first-order valence-electron chi connectivity index (χ1n) is 6.78. The van der Waals surface area contributed by atoms with E-state index in [4.69, 9.17) is 4.74 Å². The summed E-state index contributed by atoms with van der Waals surface area (Å²) in [5.74, 6) is -0.282. The molecular formula is C15H22N2O3. The smallest absolute Gasteiger partial charge is 0.239 e. The third-order valence-corrected chi connectivity index (χ3v) is 2.78. The van der Waals surface area contributed by atoms with E-state index < -0.39 is 0 Å².